The summed E-state index contributed by atoms with van der Waals surface area (Å²) in [7, 11) is 0. The van der Waals surface area contributed by atoms with Gasteiger partial charge in [0.1, 0.15) is 12.7 Å². The van der Waals surface area contributed by atoms with Gasteiger partial charge in [-0.05, 0) is 37.8 Å². The first kappa shape index (κ1) is 15.5. The summed E-state index contributed by atoms with van der Waals surface area (Å²) in [5.41, 5.74) is 0. The summed E-state index contributed by atoms with van der Waals surface area (Å²) < 4.78 is 7.46. The van der Waals surface area contributed by atoms with Crippen LogP contribution in [0.2, 0.25) is 0 Å². The Balaban J connectivity index is 1.52. The van der Waals surface area contributed by atoms with Crippen molar-refractivity contribution in [3.05, 3.63) is 36.1 Å². The molecule has 1 fully saturated rings. The summed E-state index contributed by atoms with van der Waals surface area (Å²) in [6.07, 6.45) is 6.95. The minimum Gasteiger partial charge on any atom is -0.337 e. The van der Waals surface area contributed by atoms with Crippen molar-refractivity contribution in [2.24, 2.45) is 0 Å². The molecule has 0 aliphatic carbocycles. The smallest absolute Gasteiger partial charge is 0.244 e. The summed E-state index contributed by atoms with van der Waals surface area (Å²) >= 11 is 1.62. The second-order valence-electron chi connectivity index (χ2n) is 6.11. The molecule has 0 bridgehead atoms. The first-order valence-electron chi connectivity index (χ1n) is 8.27. The molecule has 4 heterocycles. The van der Waals surface area contributed by atoms with Crippen LogP contribution in [0.4, 0.5) is 0 Å². The molecule has 0 spiro atoms. The predicted molar refractivity (Wildman–Crippen MR) is 90.4 cm³/mol. The summed E-state index contributed by atoms with van der Waals surface area (Å²) in [6, 6.07) is 4.52. The van der Waals surface area contributed by atoms with Crippen molar-refractivity contribution >= 4 is 11.3 Å². The van der Waals surface area contributed by atoms with E-state index in [1.807, 2.05) is 22.2 Å². The minimum atomic E-state index is 0.0973. The maximum absolute atomic E-state index is 5.56. The molecule has 8 heteroatoms. The quantitative estimate of drug-likeness (QED) is 0.708. The molecule has 1 saturated heterocycles. The third-order valence-electron chi connectivity index (χ3n) is 4.58. The molecular formula is C16H20N6OS. The van der Waals surface area contributed by atoms with Gasteiger partial charge in [0.2, 0.25) is 11.7 Å². The lowest BCUT2D eigenvalue weighted by atomic mass is 10.00. The Morgan fingerprint density at radius 2 is 2.38 bits per heavy atom. The van der Waals surface area contributed by atoms with E-state index in [9.17, 15) is 0 Å². The molecular weight excluding hydrogens is 324 g/mol. The van der Waals surface area contributed by atoms with E-state index in [1.54, 1.807) is 24.0 Å². The van der Waals surface area contributed by atoms with Crippen LogP contribution in [0.25, 0.3) is 10.7 Å². The number of aromatic nitrogens is 5. The van der Waals surface area contributed by atoms with Crippen molar-refractivity contribution in [2.75, 3.05) is 6.54 Å². The highest BCUT2D eigenvalue weighted by Crippen LogP contribution is 2.30. The van der Waals surface area contributed by atoms with Gasteiger partial charge in [-0.2, -0.15) is 10.1 Å². The molecule has 2 atom stereocenters. The molecule has 1 aliphatic rings. The van der Waals surface area contributed by atoms with Gasteiger partial charge in [-0.25, -0.2) is 4.98 Å². The summed E-state index contributed by atoms with van der Waals surface area (Å²) in [6.45, 7) is 4.03. The van der Waals surface area contributed by atoms with Gasteiger partial charge in [0.05, 0.1) is 17.5 Å². The molecule has 0 radical (unpaired) electrons. The first-order valence-corrected chi connectivity index (χ1v) is 9.15. The zero-order chi connectivity index (χ0) is 16.4. The van der Waals surface area contributed by atoms with Crippen molar-refractivity contribution in [1.29, 1.82) is 0 Å². The Hall–Kier alpha value is -2.06. The van der Waals surface area contributed by atoms with Gasteiger partial charge in [0.25, 0.3) is 0 Å². The Labute approximate surface area is 144 Å². The van der Waals surface area contributed by atoms with Crippen molar-refractivity contribution in [2.45, 2.75) is 44.8 Å². The van der Waals surface area contributed by atoms with E-state index in [1.165, 1.54) is 12.8 Å². The van der Waals surface area contributed by atoms with Crippen molar-refractivity contribution in [3.63, 3.8) is 0 Å². The van der Waals surface area contributed by atoms with E-state index in [2.05, 4.69) is 32.0 Å². The van der Waals surface area contributed by atoms with Gasteiger partial charge in [0, 0.05) is 6.04 Å². The molecule has 4 rings (SSSR count). The van der Waals surface area contributed by atoms with Crippen LogP contribution in [0.3, 0.4) is 0 Å². The molecule has 1 aliphatic heterocycles. The molecule has 0 unspecified atom stereocenters. The Morgan fingerprint density at radius 3 is 3.17 bits per heavy atom. The normalized spacial score (nSPS) is 20.3. The number of thiophene rings is 1. The summed E-state index contributed by atoms with van der Waals surface area (Å²) in [5, 5.41) is 10.4. The van der Waals surface area contributed by atoms with Gasteiger partial charge in [-0.1, -0.05) is 17.6 Å². The van der Waals surface area contributed by atoms with E-state index in [0.717, 1.165) is 24.4 Å². The van der Waals surface area contributed by atoms with Gasteiger partial charge in [-0.15, -0.1) is 11.3 Å². The van der Waals surface area contributed by atoms with E-state index in [0.29, 0.717) is 17.8 Å². The molecule has 0 saturated carbocycles. The van der Waals surface area contributed by atoms with Crippen LogP contribution < -0.4 is 0 Å². The molecule has 126 valence electrons. The number of hydrogen-bond donors (Lipinski definition) is 0. The van der Waals surface area contributed by atoms with Crippen LogP contribution in [-0.4, -0.2) is 42.4 Å². The molecule has 0 aromatic carbocycles. The fraction of sp³-hybridized carbons (Fsp3) is 0.500. The van der Waals surface area contributed by atoms with Crippen LogP contribution in [0.1, 0.15) is 38.1 Å². The summed E-state index contributed by atoms with van der Waals surface area (Å²) in [5.74, 6) is 1.36. The Bertz CT molecular complexity index is 753. The fourth-order valence-electron chi connectivity index (χ4n) is 3.32. The van der Waals surface area contributed by atoms with Crippen molar-refractivity contribution in [3.8, 4) is 10.7 Å². The molecule has 3 aromatic heterocycles. The molecule has 24 heavy (non-hydrogen) atoms. The zero-order valence-electron chi connectivity index (χ0n) is 13.6. The average molecular weight is 344 g/mol. The minimum absolute atomic E-state index is 0.0973. The Morgan fingerprint density at radius 1 is 1.42 bits per heavy atom. The monoisotopic (exact) mass is 344 g/mol. The highest BCUT2D eigenvalue weighted by molar-refractivity contribution is 7.13. The van der Waals surface area contributed by atoms with Crippen LogP contribution in [0.5, 0.6) is 0 Å². The maximum atomic E-state index is 5.56. The standard InChI is InChI=1S/C16H20N6OS/c1-12(16-19-15(20-23-16)14-6-4-8-24-14)22-7-3-2-5-13(22)9-21-11-17-10-18-21/h4,6,8,10-13H,2-3,5,7,9H2,1H3/t12-,13+/m1/s1. The van der Waals surface area contributed by atoms with Crippen LogP contribution in [0, 0.1) is 0 Å². The fourth-order valence-corrected chi connectivity index (χ4v) is 3.97. The van der Waals surface area contributed by atoms with E-state index in [-0.39, 0.29) is 6.04 Å². The number of nitrogens with zero attached hydrogens (tertiary/aromatic N) is 6. The number of rotatable bonds is 5. The largest absolute Gasteiger partial charge is 0.337 e. The second kappa shape index (κ2) is 6.82. The first-order chi connectivity index (χ1) is 11.8. The van der Waals surface area contributed by atoms with Crippen LogP contribution >= 0.6 is 11.3 Å². The highest BCUT2D eigenvalue weighted by Gasteiger charge is 2.30. The zero-order valence-corrected chi connectivity index (χ0v) is 14.4. The highest BCUT2D eigenvalue weighted by atomic mass is 32.1. The predicted octanol–water partition coefficient (Wildman–Crippen LogP) is 3.01. The molecule has 0 amide bonds. The third-order valence-corrected chi connectivity index (χ3v) is 5.44. The Kier molecular flexibility index (Phi) is 4.40. The lowest BCUT2D eigenvalue weighted by Crippen LogP contribution is -2.43. The van der Waals surface area contributed by atoms with E-state index in [4.69, 9.17) is 4.52 Å². The van der Waals surface area contributed by atoms with Crippen LogP contribution in [0.15, 0.2) is 34.7 Å². The summed E-state index contributed by atoms with van der Waals surface area (Å²) in [4.78, 5) is 12.1. The maximum Gasteiger partial charge on any atom is 0.244 e. The van der Waals surface area contributed by atoms with Gasteiger partial charge in [-0.3, -0.25) is 9.58 Å². The third kappa shape index (κ3) is 3.11. The van der Waals surface area contributed by atoms with E-state index < -0.39 is 0 Å². The van der Waals surface area contributed by atoms with Crippen molar-refractivity contribution in [1.82, 2.24) is 29.8 Å². The SMILES string of the molecule is C[C@H](c1nc(-c2cccs2)no1)N1CCCC[C@H]1Cn1cncn1. The number of piperidine rings is 1. The number of hydrogen-bond acceptors (Lipinski definition) is 7. The number of likely N-dealkylation sites (tertiary alicyclic amines) is 1. The van der Waals surface area contributed by atoms with E-state index >= 15 is 0 Å². The molecule has 7 nitrogen and oxygen atoms in total. The van der Waals surface area contributed by atoms with Gasteiger partial charge in [0.15, 0.2) is 0 Å². The average Bonchev–Trinajstić information content (AvgIpc) is 3.35. The second-order valence-corrected chi connectivity index (χ2v) is 7.06. The lowest BCUT2D eigenvalue weighted by Gasteiger charge is -2.38. The van der Waals surface area contributed by atoms with Gasteiger partial charge < -0.3 is 4.52 Å². The van der Waals surface area contributed by atoms with Crippen molar-refractivity contribution < 1.29 is 4.52 Å². The lowest BCUT2D eigenvalue weighted by molar-refractivity contribution is 0.0719. The molecule has 3 aromatic rings. The van der Waals surface area contributed by atoms with Crippen LogP contribution in [-0.2, 0) is 6.54 Å². The van der Waals surface area contributed by atoms with Gasteiger partial charge >= 0.3 is 0 Å². The topological polar surface area (TPSA) is 72.9 Å². The molecule has 0 N–H and O–H groups in total.